The van der Waals surface area contributed by atoms with Crippen LogP contribution in [0.5, 0.6) is 0 Å². The third-order valence-electron chi connectivity index (χ3n) is 3.33. The standard InChI is InChI=1S/C17H16ClFN2O3/c1-9-3-5-12(8-14(9)19)21-16(22)10(2)24-17(23)13-6-4-11(18)7-15(13)20/h3-8,10H,20H2,1-2H3,(H,21,22)/t10-/m0/s1. The summed E-state index contributed by atoms with van der Waals surface area (Å²) < 4.78 is 18.6. The second kappa shape index (κ2) is 7.31. The molecule has 2 aromatic carbocycles. The molecule has 0 fully saturated rings. The van der Waals surface area contributed by atoms with E-state index in [0.29, 0.717) is 10.6 Å². The minimum atomic E-state index is -1.09. The molecule has 1 amide bonds. The maximum Gasteiger partial charge on any atom is 0.341 e. The van der Waals surface area contributed by atoms with E-state index in [1.807, 2.05) is 0 Å². The fourth-order valence-electron chi connectivity index (χ4n) is 1.91. The molecule has 1 atom stereocenters. The number of anilines is 2. The van der Waals surface area contributed by atoms with Crippen LogP contribution in [0.3, 0.4) is 0 Å². The highest BCUT2D eigenvalue weighted by Crippen LogP contribution is 2.20. The van der Waals surface area contributed by atoms with E-state index in [4.69, 9.17) is 22.1 Å². The van der Waals surface area contributed by atoms with Gasteiger partial charge in [0, 0.05) is 16.4 Å². The maximum absolute atomic E-state index is 13.5. The number of hydrogen-bond acceptors (Lipinski definition) is 4. The van der Waals surface area contributed by atoms with Crippen molar-refractivity contribution in [2.75, 3.05) is 11.1 Å². The first-order valence-corrected chi connectivity index (χ1v) is 7.48. The Morgan fingerprint density at radius 2 is 1.96 bits per heavy atom. The minimum absolute atomic E-state index is 0.112. The number of carbonyl (C=O) groups excluding carboxylic acids is 2. The Kier molecular flexibility index (Phi) is 5.41. The zero-order valence-electron chi connectivity index (χ0n) is 13.1. The molecule has 126 valence electrons. The molecule has 0 aliphatic heterocycles. The smallest absolute Gasteiger partial charge is 0.341 e. The van der Waals surface area contributed by atoms with Crippen molar-refractivity contribution >= 4 is 34.9 Å². The van der Waals surface area contributed by atoms with Crippen molar-refractivity contribution < 1.29 is 18.7 Å². The summed E-state index contributed by atoms with van der Waals surface area (Å²) in [5.41, 5.74) is 6.70. The highest BCUT2D eigenvalue weighted by Gasteiger charge is 2.20. The van der Waals surface area contributed by atoms with Crippen LogP contribution in [-0.4, -0.2) is 18.0 Å². The van der Waals surface area contributed by atoms with Gasteiger partial charge in [0.2, 0.25) is 0 Å². The lowest BCUT2D eigenvalue weighted by molar-refractivity contribution is -0.123. The lowest BCUT2D eigenvalue weighted by atomic mass is 10.2. The van der Waals surface area contributed by atoms with Crippen molar-refractivity contribution in [3.63, 3.8) is 0 Å². The summed E-state index contributed by atoms with van der Waals surface area (Å²) >= 11 is 5.77. The van der Waals surface area contributed by atoms with Crippen LogP contribution in [0.15, 0.2) is 36.4 Å². The number of halogens is 2. The normalized spacial score (nSPS) is 11.7. The van der Waals surface area contributed by atoms with Crippen LogP contribution in [0.2, 0.25) is 5.02 Å². The first kappa shape index (κ1) is 17.7. The molecule has 0 unspecified atom stereocenters. The van der Waals surface area contributed by atoms with Gasteiger partial charge in [-0.1, -0.05) is 17.7 Å². The number of nitrogens with one attached hydrogen (secondary N) is 1. The first-order valence-electron chi connectivity index (χ1n) is 7.11. The summed E-state index contributed by atoms with van der Waals surface area (Å²) in [6, 6.07) is 8.61. The van der Waals surface area contributed by atoms with Gasteiger partial charge in [-0.2, -0.15) is 0 Å². The van der Waals surface area contributed by atoms with Gasteiger partial charge >= 0.3 is 5.97 Å². The van der Waals surface area contributed by atoms with Crippen LogP contribution in [0.1, 0.15) is 22.8 Å². The molecule has 2 aromatic rings. The molecule has 3 N–H and O–H groups in total. The van der Waals surface area contributed by atoms with E-state index >= 15 is 0 Å². The molecule has 0 spiro atoms. The van der Waals surface area contributed by atoms with Crippen LogP contribution in [0.4, 0.5) is 15.8 Å². The molecule has 0 radical (unpaired) electrons. The number of nitrogen functional groups attached to an aromatic ring is 1. The van der Waals surface area contributed by atoms with E-state index in [0.717, 1.165) is 0 Å². The molecule has 0 saturated heterocycles. The molecular formula is C17H16ClFN2O3. The van der Waals surface area contributed by atoms with Gasteiger partial charge in [0.05, 0.1) is 5.56 Å². The zero-order chi connectivity index (χ0) is 17.9. The van der Waals surface area contributed by atoms with Crippen LogP contribution >= 0.6 is 11.6 Å². The number of benzene rings is 2. The molecule has 0 aliphatic carbocycles. The van der Waals surface area contributed by atoms with Crippen molar-refractivity contribution in [3.05, 3.63) is 58.4 Å². The maximum atomic E-state index is 13.5. The molecule has 2 rings (SSSR count). The molecule has 0 aliphatic rings. The van der Waals surface area contributed by atoms with E-state index in [1.165, 1.54) is 37.3 Å². The quantitative estimate of drug-likeness (QED) is 0.652. The van der Waals surface area contributed by atoms with Gasteiger partial charge in [0.1, 0.15) is 5.82 Å². The zero-order valence-corrected chi connectivity index (χ0v) is 13.9. The Balaban J connectivity index is 2.02. The molecular weight excluding hydrogens is 335 g/mol. The number of esters is 1. The van der Waals surface area contributed by atoms with E-state index in [2.05, 4.69) is 5.32 Å². The molecule has 5 nitrogen and oxygen atoms in total. The number of nitrogens with two attached hydrogens (primary N) is 1. The average Bonchev–Trinajstić information content (AvgIpc) is 2.50. The lowest BCUT2D eigenvalue weighted by Crippen LogP contribution is -2.30. The SMILES string of the molecule is Cc1ccc(NC(=O)[C@H](C)OC(=O)c2ccc(Cl)cc2N)cc1F. The summed E-state index contributed by atoms with van der Waals surface area (Å²) in [7, 11) is 0. The summed E-state index contributed by atoms with van der Waals surface area (Å²) in [4.78, 5) is 24.1. The van der Waals surface area contributed by atoms with E-state index in [9.17, 15) is 14.0 Å². The van der Waals surface area contributed by atoms with Gasteiger partial charge in [-0.25, -0.2) is 9.18 Å². The molecule has 24 heavy (non-hydrogen) atoms. The van der Waals surface area contributed by atoms with Crippen molar-refractivity contribution in [1.29, 1.82) is 0 Å². The fraction of sp³-hybridized carbons (Fsp3) is 0.176. The van der Waals surface area contributed by atoms with Crippen molar-refractivity contribution in [2.24, 2.45) is 0 Å². The van der Waals surface area contributed by atoms with E-state index in [-0.39, 0.29) is 16.9 Å². The Morgan fingerprint density at radius 1 is 1.25 bits per heavy atom. The average molecular weight is 351 g/mol. The second-order valence-electron chi connectivity index (χ2n) is 5.23. The number of rotatable bonds is 4. The summed E-state index contributed by atoms with van der Waals surface area (Å²) in [6.45, 7) is 3.02. The van der Waals surface area contributed by atoms with Gasteiger partial charge < -0.3 is 15.8 Å². The third kappa shape index (κ3) is 4.23. The predicted octanol–water partition coefficient (Wildman–Crippen LogP) is 3.55. The number of carbonyl (C=O) groups is 2. The van der Waals surface area contributed by atoms with Crippen molar-refractivity contribution in [1.82, 2.24) is 0 Å². The molecule has 0 bridgehead atoms. The Bertz CT molecular complexity index is 795. The van der Waals surface area contributed by atoms with Gasteiger partial charge in [-0.15, -0.1) is 0 Å². The van der Waals surface area contributed by atoms with E-state index < -0.39 is 23.8 Å². The lowest BCUT2D eigenvalue weighted by Gasteiger charge is -2.14. The van der Waals surface area contributed by atoms with Crippen LogP contribution < -0.4 is 11.1 Å². The van der Waals surface area contributed by atoms with Gasteiger partial charge in [-0.3, -0.25) is 4.79 Å². The number of ether oxygens (including phenoxy) is 1. The van der Waals surface area contributed by atoms with Gasteiger partial charge in [-0.05, 0) is 49.7 Å². The summed E-state index contributed by atoms with van der Waals surface area (Å²) in [6.07, 6.45) is -1.09. The predicted molar refractivity (Wildman–Crippen MR) is 90.5 cm³/mol. The monoisotopic (exact) mass is 350 g/mol. The number of hydrogen-bond donors (Lipinski definition) is 2. The summed E-state index contributed by atoms with van der Waals surface area (Å²) in [5, 5.41) is 2.87. The molecule has 0 saturated carbocycles. The highest BCUT2D eigenvalue weighted by molar-refractivity contribution is 6.31. The van der Waals surface area contributed by atoms with E-state index in [1.54, 1.807) is 13.0 Å². The van der Waals surface area contributed by atoms with Crippen LogP contribution in [-0.2, 0) is 9.53 Å². The van der Waals surface area contributed by atoms with Crippen molar-refractivity contribution in [3.8, 4) is 0 Å². The van der Waals surface area contributed by atoms with Gasteiger partial charge in [0.15, 0.2) is 6.10 Å². The molecule has 0 heterocycles. The van der Waals surface area contributed by atoms with Crippen LogP contribution in [0.25, 0.3) is 0 Å². The summed E-state index contributed by atoms with van der Waals surface area (Å²) in [5.74, 6) is -1.77. The van der Waals surface area contributed by atoms with Gasteiger partial charge in [0.25, 0.3) is 5.91 Å². The Hall–Kier alpha value is -2.60. The first-order chi connectivity index (χ1) is 11.3. The molecule has 7 heteroatoms. The van der Waals surface area contributed by atoms with Crippen molar-refractivity contribution in [2.45, 2.75) is 20.0 Å². The topological polar surface area (TPSA) is 81.4 Å². The number of aryl methyl sites for hydroxylation is 1. The van der Waals surface area contributed by atoms with Crippen LogP contribution in [0, 0.1) is 12.7 Å². The Labute approximate surface area is 143 Å². The number of amides is 1. The largest absolute Gasteiger partial charge is 0.449 e. The minimum Gasteiger partial charge on any atom is -0.449 e. The third-order valence-corrected chi connectivity index (χ3v) is 3.56. The highest BCUT2D eigenvalue weighted by atomic mass is 35.5. The fourth-order valence-corrected chi connectivity index (χ4v) is 2.09. The molecule has 0 aromatic heterocycles. The Morgan fingerprint density at radius 3 is 2.58 bits per heavy atom. The second-order valence-corrected chi connectivity index (χ2v) is 5.67.